The van der Waals surface area contributed by atoms with Gasteiger partial charge in [0.1, 0.15) is 6.10 Å². The fourth-order valence-electron chi connectivity index (χ4n) is 7.98. The molecule has 1 aromatic heterocycles. The number of aliphatic carboxylic acids is 1. The molecule has 2 aromatic carbocycles. The number of hydrogen-bond acceptors (Lipinski definition) is 8. The number of carboxylic acid groups (broad SMARTS) is 1. The minimum Gasteiger partial charge on any atom is -0.481 e. The first kappa shape index (κ1) is 40.1. The number of benzene rings is 2. The zero-order chi connectivity index (χ0) is 39.3. The van der Waals surface area contributed by atoms with Crippen molar-refractivity contribution >= 4 is 23.7 Å². The van der Waals surface area contributed by atoms with E-state index < -0.39 is 65.7 Å². The molecule has 298 valence electrons. The van der Waals surface area contributed by atoms with E-state index in [2.05, 4.69) is 9.97 Å². The summed E-state index contributed by atoms with van der Waals surface area (Å²) in [6.45, 7) is 3.77. The molecule has 3 fully saturated rings. The third-order valence-corrected chi connectivity index (χ3v) is 10.9. The van der Waals surface area contributed by atoms with Crippen LogP contribution in [-0.2, 0) is 39.6 Å². The van der Waals surface area contributed by atoms with E-state index in [0.29, 0.717) is 76.9 Å². The number of carboxylic acids is 1. The van der Waals surface area contributed by atoms with Crippen LogP contribution in [0.3, 0.4) is 0 Å². The lowest BCUT2D eigenvalue weighted by Gasteiger charge is -2.48. The van der Waals surface area contributed by atoms with Gasteiger partial charge in [0.15, 0.2) is 0 Å². The number of halogens is 6. The van der Waals surface area contributed by atoms with E-state index in [0.717, 1.165) is 17.7 Å². The normalized spacial score (nSPS) is 23.7. The second-order valence-electron chi connectivity index (χ2n) is 14.5. The van der Waals surface area contributed by atoms with Crippen LogP contribution in [0.5, 0.6) is 0 Å². The summed E-state index contributed by atoms with van der Waals surface area (Å²) in [5.41, 5.74) is -1.41. The van der Waals surface area contributed by atoms with Crippen molar-refractivity contribution in [1.82, 2.24) is 14.9 Å². The number of anilines is 2. The number of carbonyl (C=O) groups excluding carboxylic acids is 1. The number of carbonyl (C=O) groups is 2. The number of nitrogens with zero attached hydrogens (tertiary/aromatic N) is 5. The summed E-state index contributed by atoms with van der Waals surface area (Å²) < 4.78 is 95.3. The number of amides is 1. The number of likely N-dealkylation sites (tertiary alicyclic amines) is 1. The van der Waals surface area contributed by atoms with Crippen LogP contribution in [0.25, 0.3) is 0 Å². The van der Waals surface area contributed by atoms with Crippen molar-refractivity contribution in [2.24, 2.45) is 5.92 Å². The molecule has 3 heterocycles. The highest BCUT2D eigenvalue weighted by Gasteiger charge is 2.43. The predicted octanol–water partition coefficient (Wildman–Crippen LogP) is 7.99. The van der Waals surface area contributed by atoms with Crippen LogP contribution < -0.4 is 9.80 Å². The molecule has 0 radical (unpaired) electrons. The lowest BCUT2D eigenvalue weighted by Crippen LogP contribution is -2.58. The Balaban J connectivity index is 1.35. The van der Waals surface area contributed by atoms with E-state index in [4.69, 9.17) is 9.47 Å². The van der Waals surface area contributed by atoms with Crippen molar-refractivity contribution in [1.29, 1.82) is 0 Å². The number of rotatable bonds is 10. The van der Waals surface area contributed by atoms with Gasteiger partial charge in [-0.2, -0.15) is 26.3 Å². The molecule has 2 saturated heterocycles. The summed E-state index contributed by atoms with van der Waals surface area (Å²) in [5, 5.41) is 9.43. The predicted molar refractivity (Wildman–Crippen MR) is 190 cm³/mol. The van der Waals surface area contributed by atoms with Crippen LogP contribution in [-0.4, -0.2) is 82.6 Å². The molecule has 0 bridgehead atoms. The van der Waals surface area contributed by atoms with Gasteiger partial charge in [-0.3, -0.25) is 4.79 Å². The molecule has 3 atom stereocenters. The lowest BCUT2D eigenvalue weighted by atomic mass is 9.86. The number of alkyl halides is 6. The van der Waals surface area contributed by atoms with Crippen molar-refractivity contribution in [2.75, 3.05) is 36.1 Å². The van der Waals surface area contributed by atoms with Gasteiger partial charge in [-0.25, -0.2) is 14.8 Å². The molecule has 3 aliphatic rings. The van der Waals surface area contributed by atoms with Crippen LogP contribution in [0.4, 0.5) is 42.8 Å². The van der Waals surface area contributed by atoms with Crippen molar-refractivity contribution in [3.63, 3.8) is 0 Å². The number of ether oxygens (including phenoxy) is 2. The van der Waals surface area contributed by atoms with Gasteiger partial charge in [-0.05, 0) is 80.7 Å². The Kier molecular flexibility index (Phi) is 12.4. The van der Waals surface area contributed by atoms with E-state index in [-0.39, 0.29) is 30.5 Å². The Morgan fingerprint density at radius 1 is 0.873 bits per heavy atom. The third kappa shape index (κ3) is 9.99. The van der Waals surface area contributed by atoms with Crippen molar-refractivity contribution < 1.29 is 50.5 Å². The minimum absolute atomic E-state index is 0.114. The molecule has 1 amide bonds. The summed E-state index contributed by atoms with van der Waals surface area (Å²) in [6.07, 6.45) is -4.74. The Morgan fingerprint density at radius 3 is 2.04 bits per heavy atom. The summed E-state index contributed by atoms with van der Waals surface area (Å²) in [4.78, 5) is 40.2. The number of morpholine rings is 1. The molecule has 2 aliphatic heterocycles. The first-order valence-corrected chi connectivity index (χ1v) is 18.6. The van der Waals surface area contributed by atoms with E-state index in [9.17, 15) is 41.0 Å². The Morgan fingerprint density at radius 2 is 1.47 bits per heavy atom. The van der Waals surface area contributed by atoms with Crippen LogP contribution in [0.15, 0.2) is 60.9 Å². The van der Waals surface area contributed by atoms with Gasteiger partial charge in [-0.15, -0.1) is 0 Å². The van der Waals surface area contributed by atoms with Crippen LogP contribution in [0, 0.1) is 5.92 Å². The molecule has 10 nitrogen and oxygen atoms in total. The number of hydrogen-bond donors (Lipinski definition) is 1. The van der Waals surface area contributed by atoms with Crippen LogP contribution >= 0.6 is 0 Å². The fourth-order valence-corrected chi connectivity index (χ4v) is 7.98. The molecule has 0 spiro atoms. The van der Waals surface area contributed by atoms with Crippen molar-refractivity contribution in [2.45, 2.75) is 101 Å². The molecule has 16 heteroatoms. The lowest BCUT2D eigenvalue weighted by molar-refractivity contribution is -0.144. The quantitative estimate of drug-likeness (QED) is 0.205. The van der Waals surface area contributed by atoms with Gasteiger partial charge in [0, 0.05) is 37.8 Å². The maximum absolute atomic E-state index is 14.1. The average Bonchev–Trinajstić information content (AvgIpc) is 3.17. The average molecular weight is 778 g/mol. The molecule has 3 aromatic rings. The molecule has 1 saturated carbocycles. The molecule has 0 unspecified atom stereocenters. The number of aromatic nitrogens is 2. The zero-order valence-electron chi connectivity index (χ0n) is 30.4. The first-order valence-electron chi connectivity index (χ1n) is 18.6. The van der Waals surface area contributed by atoms with E-state index in [1.165, 1.54) is 0 Å². The van der Waals surface area contributed by atoms with E-state index >= 15 is 0 Å². The van der Waals surface area contributed by atoms with Gasteiger partial charge in [0.05, 0.1) is 48.3 Å². The maximum Gasteiger partial charge on any atom is 0.416 e. The Bertz CT molecular complexity index is 1720. The van der Waals surface area contributed by atoms with Crippen LogP contribution in [0.2, 0.25) is 0 Å². The van der Waals surface area contributed by atoms with Gasteiger partial charge in [0.2, 0.25) is 5.95 Å². The van der Waals surface area contributed by atoms with Gasteiger partial charge < -0.3 is 29.3 Å². The molecule has 6 rings (SSSR count). The van der Waals surface area contributed by atoms with Gasteiger partial charge in [0.25, 0.3) is 0 Å². The van der Waals surface area contributed by atoms with E-state index in [1.54, 1.807) is 22.2 Å². The summed E-state index contributed by atoms with van der Waals surface area (Å²) >= 11 is 0. The standard InChI is InChI=1S/C39H45F6N5O5/c1-2-30-20-31(21-32(18-25-6-4-3-5-7-25)50(30)37(53)55-34-10-8-27(9-11-34)35(51)52)49(36-46-22-33(23-47-36)48-12-14-54-15-13-48)24-26-16-28(38(40,41)42)19-29(17-26)39(43,44)45/h3-7,16-17,19,22-23,27,30-32,34H,2,8-15,18,20-21,24H2,1H3,(H,51,52)/t27-,30-,31+,32+,34-/m1/s1. The third-order valence-electron chi connectivity index (χ3n) is 10.9. The molecule has 1 N–H and O–H groups in total. The second kappa shape index (κ2) is 17.0. The summed E-state index contributed by atoms with van der Waals surface area (Å²) in [6, 6.07) is 9.64. The SMILES string of the molecule is CC[C@@H]1C[C@H](N(Cc2cc(C(F)(F)F)cc(C(F)(F)F)c2)c2ncc(N3CCOCC3)cn2)C[C@H](Cc2ccccc2)N1C(=O)O[C@H]1CC[C@H](C(=O)O)CC1. The molecule has 1 aliphatic carbocycles. The van der Waals surface area contributed by atoms with Crippen molar-refractivity contribution in [3.05, 3.63) is 83.2 Å². The largest absolute Gasteiger partial charge is 0.481 e. The van der Waals surface area contributed by atoms with Gasteiger partial charge in [-0.1, -0.05) is 37.3 Å². The smallest absolute Gasteiger partial charge is 0.416 e. The maximum atomic E-state index is 14.1. The minimum atomic E-state index is -5.02. The Labute approximate surface area is 315 Å². The Hall–Kier alpha value is -4.60. The zero-order valence-corrected chi connectivity index (χ0v) is 30.4. The summed E-state index contributed by atoms with van der Waals surface area (Å²) in [5.74, 6) is -1.22. The fraction of sp³-hybridized carbons (Fsp3) is 0.538. The monoisotopic (exact) mass is 777 g/mol. The highest BCUT2D eigenvalue weighted by molar-refractivity contribution is 5.70. The first-order chi connectivity index (χ1) is 26.2. The van der Waals surface area contributed by atoms with Gasteiger partial charge >= 0.3 is 24.4 Å². The molecular weight excluding hydrogens is 732 g/mol. The molecular formula is C39H45F6N5O5. The van der Waals surface area contributed by atoms with Crippen LogP contribution in [0.1, 0.15) is 74.1 Å². The number of piperidine rings is 1. The second-order valence-corrected chi connectivity index (χ2v) is 14.5. The summed E-state index contributed by atoms with van der Waals surface area (Å²) in [7, 11) is 0. The van der Waals surface area contributed by atoms with Crippen molar-refractivity contribution in [3.8, 4) is 0 Å². The molecule has 55 heavy (non-hydrogen) atoms. The van der Waals surface area contributed by atoms with E-state index in [1.807, 2.05) is 42.2 Å². The highest BCUT2D eigenvalue weighted by atomic mass is 19.4. The highest BCUT2D eigenvalue weighted by Crippen LogP contribution is 2.39. The topological polar surface area (TPSA) is 108 Å².